The average Bonchev–Trinajstić information content (AvgIpc) is 3.35. The summed E-state index contributed by atoms with van der Waals surface area (Å²) in [6.07, 6.45) is 38.5. The van der Waals surface area contributed by atoms with Crippen LogP contribution in [0.3, 0.4) is 0 Å². The van der Waals surface area contributed by atoms with Crippen LogP contribution in [0.4, 0.5) is 0 Å². The molecule has 0 N–H and O–H groups in total. The molecule has 0 unspecified atom stereocenters. The number of rotatable bonds is 57. The Balaban J connectivity index is 4.80. The molecular formula is C54H104O10P2S4. The predicted octanol–water partition coefficient (Wildman–Crippen LogP) is 18.7. The number of hydrogen-bond donors (Lipinski definition) is 0. The number of hydrogen-bond acceptors (Lipinski definition) is 14. The van der Waals surface area contributed by atoms with E-state index in [1.807, 2.05) is 0 Å². The molecule has 0 amide bonds. The summed E-state index contributed by atoms with van der Waals surface area (Å²) < 4.78 is 34.8. The lowest BCUT2D eigenvalue weighted by Crippen LogP contribution is -2.07. The third kappa shape index (κ3) is 54.3. The summed E-state index contributed by atoms with van der Waals surface area (Å²) in [4.78, 5) is 49.9. The lowest BCUT2D eigenvalue weighted by atomic mass is 10.1. The van der Waals surface area contributed by atoms with Gasteiger partial charge in [0.2, 0.25) is 0 Å². The third-order valence-corrected chi connectivity index (χ3v) is 24.4. The molecule has 0 aromatic carbocycles. The first-order chi connectivity index (χ1) is 34.4. The number of carbonyl (C=O) groups is 4. The molecule has 0 fully saturated rings. The van der Waals surface area contributed by atoms with Gasteiger partial charge in [-0.05, 0) is 38.5 Å². The van der Waals surface area contributed by atoms with Crippen molar-refractivity contribution >= 4 is 82.5 Å². The van der Waals surface area contributed by atoms with E-state index in [1.54, 1.807) is 45.5 Å². The Morgan fingerprint density at radius 2 is 0.457 bits per heavy atom. The first-order valence-corrected chi connectivity index (χ1v) is 37.2. The fraction of sp³-hybridized carbons (Fsp3) is 0.926. The Morgan fingerprint density at radius 3 is 0.671 bits per heavy atom. The molecule has 0 rings (SSSR count). The highest BCUT2D eigenvalue weighted by Crippen LogP contribution is 2.63. The van der Waals surface area contributed by atoms with Crippen LogP contribution in [0.1, 0.15) is 259 Å². The SMILES string of the molecule is CCCCCCCCCOC(=O)CCSP(OCCCCCCOP(SCCC(=O)OCCCCCCCCC)SCCC(=O)OCCCCCCCCC)SCCC(=O)OCCCCCCCCC. The summed E-state index contributed by atoms with van der Waals surface area (Å²) >= 11 is 6.68. The zero-order valence-electron chi connectivity index (χ0n) is 45.1. The van der Waals surface area contributed by atoms with Crippen LogP contribution >= 0.6 is 58.6 Å². The number of carbonyl (C=O) groups excluding carboxylic acids is 4. The number of esters is 4. The van der Waals surface area contributed by atoms with E-state index in [1.165, 1.54) is 128 Å². The zero-order valence-corrected chi connectivity index (χ0v) is 50.2. The molecule has 70 heavy (non-hydrogen) atoms. The Bertz CT molecular complexity index is 1000. The minimum Gasteiger partial charge on any atom is -0.466 e. The van der Waals surface area contributed by atoms with Gasteiger partial charge in [0.25, 0.3) is 0 Å². The van der Waals surface area contributed by atoms with E-state index in [4.69, 9.17) is 28.0 Å². The van der Waals surface area contributed by atoms with E-state index in [9.17, 15) is 19.2 Å². The molecule has 0 saturated heterocycles. The summed E-state index contributed by atoms with van der Waals surface area (Å²) in [6, 6.07) is 0. The van der Waals surface area contributed by atoms with Crippen molar-refractivity contribution in [2.24, 2.45) is 0 Å². The fourth-order valence-corrected chi connectivity index (χ4v) is 18.9. The van der Waals surface area contributed by atoms with Crippen molar-refractivity contribution in [1.29, 1.82) is 0 Å². The average molecular weight is 1100 g/mol. The first-order valence-electron chi connectivity index (χ1n) is 28.4. The highest BCUT2D eigenvalue weighted by atomic mass is 33.1. The molecule has 0 aromatic heterocycles. The van der Waals surface area contributed by atoms with Gasteiger partial charge in [-0.25, -0.2) is 0 Å². The second-order valence-electron chi connectivity index (χ2n) is 18.2. The van der Waals surface area contributed by atoms with Gasteiger partial charge in [0.05, 0.1) is 65.3 Å². The topological polar surface area (TPSA) is 124 Å². The van der Waals surface area contributed by atoms with Crippen LogP contribution in [0.15, 0.2) is 0 Å². The predicted molar refractivity (Wildman–Crippen MR) is 308 cm³/mol. The van der Waals surface area contributed by atoms with Crippen molar-refractivity contribution in [3.05, 3.63) is 0 Å². The Hall–Kier alpha value is 0.0600. The highest BCUT2D eigenvalue weighted by molar-refractivity contribution is 8.87. The zero-order chi connectivity index (χ0) is 51.1. The molecular weight excluding hydrogens is 999 g/mol. The van der Waals surface area contributed by atoms with Crippen LogP contribution in [-0.2, 0) is 47.2 Å². The van der Waals surface area contributed by atoms with Gasteiger partial charge in [0, 0.05) is 23.0 Å². The second-order valence-corrected chi connectivity index (χ2v) is 30.8. The van der Waals surface area contributed by atoms with E-state index < -0.39 is 13.1 Å². The van der Waals surface area contributed by atoms with E-state index >= 15 is 0 Å². The van der Waals surface area contributed by atoms with Gasteiger partial charge in [-0.15, -0.1) is 0 Å². The van der Waals surface area contributed by atoms with Crippen LogP contribution in [-0.4, -0.2) is 86.5 Å². The van der Waals surface area contributed by atoms with Gasteiger partial charge in [-0.3, -0.25) is 19.2 Å². The highest BCUT2D eigenvalue weighted by Gasteiger charge is 2.17. The molecule has 0 aromatic rings. The lowest BCUT2D eigenvalue weighted by molar-refractivity contribution is -0.144. The Kier molecular flexibility index (Phi) is 58.4. The molecule has 0 spiro atoms. The number of unbranched alkanes of at least 4 members (excludes halogenated alkanes) is 27. The summed E-state index contributed by atoms with van der Waals surface area (Å²) in [5, 5.41) is 0. The lowest BCUT2D eigenvalue weighted by Gasteiger charge is -2.17. The first kappa shape index (κ1) is 70.1. The van der Waals surface area contributed by atoms with Crippen molar-refractivity contribution in [2.75, 3.05) is 62.7 Å². The van der Waals surface area contributed by atoms with E-state index in [0.29, 0.717) is 88.3 Å². The van der Waals surface area contributed by atoms with E-state index in [0.717, 1.165) is 77.0 Å². The normalized spacial score (nSPS) is 11.5. The van der Waals surface area contributed by atoms with Crippen molar-refractivity contribution in [1.82, 2.24) is 0 Å². The quantitative estimate of drug-likeness (QED) is 0.0248. The van der Waals surface area contributed by atoms with Crippen molar-refractivity contribution in [3.63, 3.8) is 0 Å². The standard InChI is InChI=1S/C54H104O10P2S4/c1-5-9-13-17-21-25-31-41-59-51(55)37-47-67-65(68-48-38-52(56)60-42-32-26-22-18-14-10-6-2)63-45-35-29-30-36-46-64-66(69-49-39-53(57)61-43-33-27-23-19-15-11-7-3)70-50-40-54(58)62-44-34-28-24-20-16-12-8-4/h5-50H2,1-4H3. The summed E-state index contributed by atoms with van der Waals surface area (Å²) in [6.45, 7) is 10.3. The molecule has 0 bridgehead atoms. The van der Waals surface area contributed by atoms with Crippen molar-refractivity contribution < 1.29 is 47.2 Å². The monoisotopic (exact) mass is 1100 g/mol. The maximum absolute atomic E-state index is 12.5. The maximum atomic E-state index is 12.5. The minimum absolute atomic E-state index is 0.150. The largest absolute Gasteiger partial charge is 0.466 e. The minimum atomic E-state index is -0.925. The maximum Gasteiger partial charge on any atom is 0.306 e. The molecule has 0 radical (unpaired) electrons. The van der Waals surface area contributed by atoms with Gasteiger partial charge >= 0.3 is 23.9 Å². The summed E-state index contributed by atoms with van der Waals surface area (Å²) in [5.74, 6) is 1.93. The van der Waals surface area contributed by atoms with Gasteiger partial charge in [-0.2, -0.15) is 0 Å². The molecule has 16 heteroatoms. The smallest absolute Gasteiger partial charge is 0.306 e. The molecule has 0 aliphatic carbocycles. The van der Waals surface area contributed by atoms with Crippen LogP contribution in [0.25, 0.3) is 0 Å². The van der Waals surface area contributed by atoms with Crippen molar-refractivity contribution in [3.8, 4) is 0 Å². The van der Waals surface area contributed by atoms with Crippen molar-refractivity contribution in [2.45, 2.75) is 259 Å². The summed E-state index contributed by atoms with van der Waals surface area (Å²) in [7, 11) is 0. The summed E-state index contributed by atoms with van der Waals surface area (Å²) in [5.41, 5.74) is 0. The fourth-order valence-electron chi connectivity index (χ4n) is 7.14. The van der Waals surface area contributed by atoms with Crippen LogP contribution in [0.2, 0.25) is 0 Å². The second kappa shape index (κ2) is 58.3. The van der Waals surface area contributed by atoms with Gasteiger partial charge < -0.3 is 28.0 Å². The third-order valence-electron chi connectivity index (χ3n) is 11.5. The molecule has 414 valence electrons. The number of ether oxygens (including phenoxy) is 4. The van der Waals surface area contributed by atoms with Crippen LogP contribution in [0.5, 0.6) is 0 Å². The van der Waals surface area contributed by atoms with Gasteiger partial charge in [-0.1, -0.05) is 240 Å². The van der Waals surface area contributed by atoms with Gasteiger partial charge in [0.1, 0.15) is 0 Å². The van der Waals surface area contributed by atoms with Crippen LogP contribution in [0, 0.1) is 0 Å². The molecule has 0 aliphatic heterocycles. The van der Waals surface area contributed by atoms with E-state index in [-0.39, 0.29) is 23.9 Å². The molecule has 0 aliphatic rings. The van der Waals surface area contributed by atoms with E-state index in [2.05, 4.69) is 27.7 Å². The molecule has 0 heterocycles. The Morgan fingerprint density at radius 1 is 0.271 bits per heavy atom. The van der Waals surface area contributed by atoms with Crippen LogP contribution < -0.4 is 0 Å². The molecule has 0 saturated carbocycles. The molecule has 10 nitrogen and oxygen atoms in total. The Labute approximate surface area is 448 Å². The van der Waals surface area contributed by atoms with Gasteiger partial charge in [0.15, 0.2) is 13.1 Å². The molecule has 0 atom stereocenters.